The molecule has 0 unspecified atom stereocenters. The molecule has 0 aliphatic rings. The SMILES string of the molecule is CS(=O)(=O)CCNCc1cc(C(N)=O)ccc1F. The molecule has 7 heteroatoms. The molecule has 0 fully saturated rings. The van der Waals surface area contributed by atoms with Crippen LogP contribution in [0.25, 0.3) is 0 Å². The predicted molar refractivity (Wildman–Crippen MR) is 66.3 cm³/mol. The van der Waals surface area contributed by atoms with Gasteiger partial charge in [0, 0.05) is 30.5 Å². The lowest BCUT2D eigenvalue weighted by molar-refractivity contribution is 0.1000. The number of primary amides is 1. The van der Waals surface area contributed by atoms with E-state index >= 15 is 0 Å². The first-order chi connectivity index (χ1) is 8.29. The minimum absolute atomic E-state index is 0.0237. The van der Waals surface area contributed by atoms with Gasteiger partial charge < -0.3 is 11.1 Å². The number of nitrogens with one attached hydrogen (secondary N) is 1. The lowest BCUT2D eigenvalue weighted by atomic mass is 10.1. The van der Waals surface area contributed by atoms with Crippen LogP contribution in [0.3, 0.4) is 0 Å². The third kappa shape index (κ3) is 4.80. The first kappa shape index (κ1) is 14.6. The second-order valence-electron chi connectivity index (χ2n) is 3.98. The number of rotatable bonds is 6. The van der Waals surface area contributed by atoms with E-state index in [2.05, 4.69) is 5.32 Å². The molecular formula is C11H15FN2O3S. The van der Waals surface area contributed by atoms with Crippen LogP contribution in [0.15, 0.2) is 18.2 Å². The van der Waals surface area contributed by atoms with E-state index in [1.165, 1.54) is 12.1 Å². The second kappa shape index (κ2) is 5.92. The van der Waals surface area contributed by atoms with E-state index in [4.69, 9.17) is 5.73 Å². The molecule has 0 bridgehead atoms. The van der Waals surface area contributed by atoms with Gasteiger partial charge in [-0.2, -0.15) is 0 Å². The molecule has 5 nitrogen and oxygen atoms in total. The summed E-state index contributed by atoms with van der Waals surface area (Å²) in [5.41, 5.74) is 5.58. The topological polar surface area (TPSA) is 89.3 Å². The average Bonchev–Trinajstić information content (AvgIpc) is 2.24. The standard InChI is InChI=1S/C11H15FN2O3S/c1-18(16,17)5-4-14-7-9-6-8(11(13)15)2-3-10(9)12/h2-3,6,14H,4-5,7H2,1H3,(H2,13,15). The summed E-state index contributed by atoms with van der Waals surface area (Å²) in [4.78, 5) is 10.9. The van der Waals surface area contributed by atoms with Gasteiger partial charge >= 0.3 is 0 Å². The third-order valence-corrected chi connectivity index (χ3v) is 3.24. The summed E-state index contributed by atoms with van der Waals surface area (Å²) in [6.07, 6.45) is 1.13. The third-order valence-electron chi connectivity index (χ3n) is 2.30. The molecule has 0 aliphatic carbocycles. The lowest BCUT2D eigenvalue weighted by Gasteiger charge is -2.06. The Labute approximate surface area is 105 Å². The van der Waals surface area contributed by atoms with Crippen LogP contribution in [-0.4, -0.2) is 32.9 Å². The van der Waals surface area contributed by atoms with Crippen LogP contribution in [0.4, 0.5) is 4.39 Å². The van der Waals surface area contributed by atoms with Gasteiger partial charge in [0.15, 0.2) is 0 Å². The maximum Gasteiger partial charge on any atom is 0.248 e. The molecule has 0 radical (unpaired) electrons. The Kier molecular flexibility index (Phi) is 4.80. The number of amides is 1. The largest absolute Gasteiger partial charge is 0.366 e. The number of benzene rings is 1. The average molecular weight is 274 g/mol. The number of hydrogen-bond donors (Lipinski definition) is 2. The van der Waals surface area contributed by atoms with Gasteiger partial charge in [-0.25, -0.2) is 12.8 Å². The molecule has 0 saturated heterocycles. The molecule has 0 heterocycles. The van der Waals surface area contributed by atoms with Crippen LogP contribution in [0.1, 0.15) is 15.9 Å². The van der Waals surface area contributed by atoms with Gasteiger partial charge in [-0.1, -0.05) is 0 Å². The van der Waals surface area contributed by atoms with E-state index in [1.54, 1.807) is 0 Å². The molecule has 0 atom stereocenters. The van der Waals surface area contributed by atoms with Gasteiger partial charge in [0.1, 0.15) is 15.7 Å². The van der Waals surface area contributed by atoms with Crippen molar-refractivity contribution in [3.05, 3.63) is 35.1 Å². The number of halogens is 1. The fraction of sp³-hybridized carbons (Fsp3) is 0.364. The van der Waals surface area contributed by atoms with Crippen molar-refractivity contribution in [3.8, 4) is 0 Å². The van der Waals surface area contributed by atoms with E-state index in [1.807, 2.05) is 0 Å². The van der Waals surface area contributed by atoms with Crippen molar-refractivity contribution in [2.45, 2.75) is 6.54 Å². The zero-order valence-electron chi connectivity index (χ0n) is 9.94. The van der Waals surface area contributed by atoms with Gasteiger partial charge in [-0.3, -0.25) is 4.79 Å². The molecule has 0 saturated carbocycles. The summed E-state index contributed by atoms with van der Waals surface area (Å²) in [5, 5.41) is 2.79. The fourth-order valence-electron chi connectivity index (χ4n) is 1.34. The predicted octanol–water partition coefficient (Wildman–Crippen LogP) is 0.0588. The number of carbonyl (C=O) groups excluding carboxylic acids is 1. The summed E-state index contributed by atoms with van der Waals surface area (Å²) in [7, 11) is -3.04. The van der Waals surface area contributed by atoms with Crippen LogP contribution < -0.4 is 11.1 Å². The van der Waals surface area contributed by atoms with Crippen molar-refractivity contribution >= 4 is 15.7 Å². The van der Waals surface area contributed by atoms with Gasteiger partial charge in [0.25, 0.3) is 0 Å². The van der Waals surface area contributed by atoms with Gasteiger partial charge in [0.2, 0.25) is 5.91 Å². The number of carbonyl (C=O) groups is 1. The molecule has 100 valence electrons. The first-order valence-electron chi connectivity index (χ1n) is 5.26. The summed E-state index contributed by atoms with van der Waals surface area (Å²) in [5.74, 6) is -1.12. The molecule has 1 amide bonds. The van der Waals surface area contributed by atoms with Crippen LogP contribution in [0.2, 0.25) is 0 Å². The monoisotopic (exact) mass is 274 g/mol. The molecule has 3 N–H and O–H groups in total. The van der Waals surface area contributed by atoms with Crippen LogP contribution in [0.5, 0.6) is 0 Å². The molecule has 18 heavy (non-hydrogen) atoms. The van der Waals surface area contributed by atoms with Crippen molar-refractivity contribution in [3.63, 3.8) is 0 Å². The Morgan fingerprint density at radius 1 is 1.44 bits per heavy atom. The number of sulfone groups is 1. The summed E-state index contributed by atoms with van der Waals surface area (Å²) in [6, 6.07) is 3.82. The van der Waals surface area contributed by atoms with Crippen LogP contribution >= 0.6 is 0 Å². The summed E-state index contributed by atoms with van der Waals surface area (Å²) >= 11 is 0. The second-order valence-corrected chi connectivity index (χ2v) is 6.24. The molecule has 1 aromatic rings. The van der Waals surface area contributed by atoms with E-state index in [0.717, 1.165) is 12.3 Å². The molecule has 1 rings (SSSR count). The van der Waals surface area contributed by atoms with Crippen molar-refractivity contribution in [1.29, 1.82) is 0 Å². The molecule has 0 spiro atoms. The molecule has 1 aromatic carbocycles. The van der Waals surface area contributed by atoms with Gasteiger partial charge in [0.05, 0.1) is 5.75 Å². The fourth-order valence-corrected chi connectivity index (χ4v) is 1.86. The van der Waals surface area contributed by atoms with E-state index in [0.29, 0.717) is 0 Å². The maximum absolute atomic E-state index is 13.4. The Morgan fingerprint density at radius 3 is 2.67 bits per heavy atom. The zero-order valence-corrected chi connectivity index (χ0v) is 10.8. The molecular weight excluding hydrogens is 259 g/mol. The highest BCUT2D eigenvalue weighted by molar-refractivity contribution is 7.90. The van der Waals surface area contributed by atoms with E-state index < -0.39 is 21.6 Å². The Morgan fingerprint density at radius 2 is 2.11 bits per heavy atom. The van der Waals surface area contributed by atoms with Crippen molar-refractivity contribution in [2.24, 2.45) is 5.73 Å². The number of nitrogens with two attached hydrogens (primary N) is 1. The van der Waals surface area contributed by atoms with Gasteiger partial charge in [-0.05, 0) is 18.2 Å². The van der Waals surface area contributed by atoms with E-state index in [9.17, 15) is 17.6 Å². The zero-order chi connectivity index (χ0) is 13.8. The minimum atomic E-state index is -3.04. The Bertz CT molecular complexity index is 543. The molecule has 0 aliphatic heterocycles. The Balaban J connectivity index is 2.61. The van der Waals surface area contributed by atoms with Gasteiger partial charge in [-0.15, -0.1) is 0 Å². The Hall–Kier alpha value is -1.47. The minimum Gasteiger partial charge on any atom is -0.366 e. The quantitative estimate of drug-likeness (QED) is 0.718. The van der Waals surface area contributed by atoms with Crippen molar-refractivity contribution in [2.75, 3.05) is 18.6 Å². The normalized spacial score (nSPS) is 11.4. The van der Waals surface area contributed by atoms with Crippen molar-refractivity contribution < 1.29 is 17.6 Å². The lowest BCUT2D eigenvalue weighted by Crippen LogP contribution is -2.22. The highest BCUT2D eigenvalue weighted by Crippen LogP contribution is 2.10. The van der Waals surface area contributed by atoms with Crippen molar-refractivity contribution in [1.82, 2.24) is 5.32 Å². The summed E-state index contributed by atoms with van der Waals surface area (Å²) in [6.45, 7) is 0.363. The number of hydrogen-bond acceptors (Lipinski definition) is 4. The molecule has 0 aromatic heterocycles. The van der Waals surface area contributed by atoms with Crippen LogP contribution in [-0.2, 0) is 16.4 Å². The highest BCUT2D eigenvalue weighted by Gasteiger charge is 2.07. The smallest absolute Gasteiger partial charge is 0.248 e. The van der Waals surface area contributed by atoms with E-state index in [-0.39, 0.29) is 30.0 Å². The maximum atomic E-state index is 13.4. The summed E-state index contributed by atoms with van der Waals surface area (Å²) < 4.78 is 35.1. The first-order valence-corrected chi connectivity index (χ1v) is 7.32. The van der Waals surface area contributed by atoms with Crippen LogP contribution in [0, 0.1) is 5.82 Å². The highest BCUT2D eigenvalue weighted by atomic mass is 32.2.